The van der Waals surface area contributed by atoms with E-state index in [1.54, 1.807) is 0 Å². The molecule has 0 saturated heterocycles. The number of rotatable bonds is 7. The average Bonchev–Trinajstić information content (AvgIpc) is 2.21. The summed E-state index contributed by atoms with van der Waals surface area (Å²) in [5.41, 5.74) is 5.63. The van der Waals surface area contributed by atoms with Gasteiger partial charge in [-0.3, -0.25) is 9.69 Å². The molecule has 0 fully saturated rings. The number of hydrogen-bond donors (Lipinski definition) is 1. The van der Waals surface area contributed by atoms with Gasteiger partial charge in [0.1, 0.15) is 0 Å². The molecule has 0 aromatic carbocycles. The molecule has 0 heterocycles. The Morgan fingerprint density at radius 2 is 1.80 bits per heavy atom. The van der Waals surface area contributed by atoms with Crippen molar-refractivity contribution in [3.63, 3.8) is 0 Å². The topological polar surface area (TPSA) is 49.6 Å². The number of nitrogens with two attached hydrogens (primary N) is 1. The van der Waals surface area contributed by atoms with Crippen LogP contribution in [0, 0.1) is 0 Å². The van der Waals surface area contributed by atoms with Crippen molar-refractivity contribution in [2.75, 3.05) is 33.2 Å². The fourth-order valence-electron chi connectivity index (χ4n) is 1.68. The Hall–Kier alpha value is -0.610. The molecule has 0 bridgehead atoms. The van der Waals surface area contributed by atoms with Gasteiger partial charge in [-0.2, -0.15) is 0 Å². The first-order chi connectivity index (χ1) is 7.10. The Labute approximate surface area is 93.4 Å². The van der Waals surface area contributed by atoms with Crippen LogP contribution in [-0.4, -0.2) is 55.0 Å². The van der Waals surface area contributed by atoms with E-state index in [4.69, 9.17) is 5.73 Å². The maximum Gasteiger partial charge on any atom is 0.236 e. The molecular weight excluding hydrogens is 190 g/mol. The van der Waals surface area contributed by atoms with Gasteiger partial charge in [0.2, 0.25) is 5.91 Å². The van der Waals surface area contributed by atoms with Gasteiger partial charge < -0.3 is 10.6 Å². The molecule has 1 unspecified atom stereocenters. The van der Waals surface area contributed by atoms with E-state index in [-0.39, 0.29) is 5.91 Å². The van der Waals surface area contributed by atoms with Crippen LogP contribution in [0.4, 0.5) is 0 Å². The van der Waals surface area contributed by atoms with Crippen LogP contribution in [0.3, 0.4) is 0 Å². The molecule has 2 N–H and O–H groups in total. The Balaban J connectivity index is 4.15. The first-order valence-corrected chi connectivity index (χ1v) is 5.78. The molecule has 90 valence electrons. The summed E-state index contributed by atoms with van der Waals surface area (Å²) in [5.74, 6) is 0.189. The van der Waals surface area contributed by atoms with E-state index in [1.807, 2.05) is 30.7 Å². The number of likely N-dealkylation sites (N-methyl/N-ethyl adjacent to an activating group) is 2. The van der Waals surface area contributed by atoms with E-state index in [2.05, 4.69) is 6.92 Å². The molecule has 0 aliphatic carbocycles. The molecule has 0 aromatic rings. The van der Waals surface area contributed by atoms with Crippen molar-refractivity contribution in [3.05, 3.63) is 0 Å². The Kier molecular flexibility index (Phi) is 7.34. The van der Waals surface area contributed by atoms with E-state index >= 15 is 0 Å². The Morgan fingerprint density at radius 1 is 1.27 bits per heavy atom. The molecule has 1 atom stereocenters. The monoisotopic (exact) mass is 215 g/mol. The van der Waals surface area contributed by atoms with Crippen LogP contribution in [0.25, 0.3) is 0 Å². The smallest absolute Gasteiger partial charge is 0.236 e. The summed E-state index contributed by atoms with van der Waals surface area (Å²) in [7, 11) is 1.96. The maximum atomic E-state index is 11.8. The van der Waals surface area contributed by atoms with Crippen molar-refractivity contribution < 1.29 is 4.79 Å². The largest absolute Gasteiger partial charge is 0.342 e. The van der Waals surface area contributed by atoms with E-state index in [0.29, 0.717) is 19.1 Å². The van der Waals surface area contributed by atoms with Crippen LogP contribution in [0.15, 0.2) is 0 Å². The van der Waals surface area contributed by atoms with Gasteiger partial charge in [-0.1, -0.05) is 6.92 Å². The molecule has 15 heavy (non-hydrogen) atoms. The van der Waals surface area contributed by atoms with E-state index < -0.39 is 0 Å². The van der Waals surface area contributed by atoms with Crippen LogP contribution >= 0.6 is 0 Å². The minimum absolute atomic E-state index is 0.189. The third kappa shape index (κ3) is 4.62. The lowest BCUT2D eigenvalue weighted by Crippen LogP contribution is -2.45. The molecule has 0 aromatic heterocycles. The Morgan fingerprint density at radius 3 is 2.13 bits per heavy atom. The summed E-state index contributed by atoms with van der Waals surface area (Å²) in [6.45, 7) is 8.74. The standard InChI is InChI=1S/C11H25N3O/c1-5-10(8-12)13(4)9-11(15)14(6-2)7-3/h10H,5-9,12H2,1-4H3. The highest BCUT2D eigenvalue weighted by Gasteiger charge is 2.16. The maximum absolute atomic E-state index is 11.8. The second-order valence-electron chi connectivity index (χ2n) is 3.78. The highest BCUT2D eigenvalue weighted by atomic mass is 16.2. The van der Waals surface area contributed by atoms with Gasteiger partial charge in [-0.05, 0) is 27.3 Å². The fourth-order valence-corrected chi connectivity index (χ4v) is 1.68. The normalized spacial score (nSPS) is 12.9. The van der Waals surface area contributed by atoms with Crippen molar-refractivity contribution in [1.29, 1.82) is 0 Å². The zero-order valence-electron chi connectivity index (χ0n) is 10.5. The van der Waals surface area contributed by atoms with Crippen LogP contribution in [0.1, 0.15) is 27.2 Å². The fraction of sp³-hybridized carbons (Fsp3) is 0.909. The number of nitrogens with zero attached hydrogens (tertiary/aromatic N) is 2. The number of hydrogen-bond acceptors (Lipinski definition) is 3. The molecule has 0 spiro atoms. The zero-order valence-corrected chi connectivity index (χ0v) is 10.5. The first-order valence-electron chi connectivity index (χ1n) is 5.78. The molecule has 1 amide bonds. The molecule has 0 aliphatic heterocycles. The van der Waals surface area contributed by atoms with Crippen LogP contribution in [-0.2, 0) is 4.79 Å². The third-order valence-corrected chi connectivity index (χ3v) is 2.87. The number of carbonyl (C=O) groups is 1. The highest BCUT2D eigenvalue weighted by molar-refractivity contribution is 5.78. The van der Waals surface area contributed by atoms with Crippen LogP contribution in [0.2, 0.25) is 0 Å². The molecule has 0 saturated carbocycles. The SMILES string of the molecule is CCC(CN)N(C)CC(=O)N(CC)CC. The van der Waals surface area contributed by atoms with Crippen molar-refractivity contribution in [2.45, 2.75) is 33.2 Å². The quantitative estimate of drug-likeness (QED) is 0.674. The molecule has 4 heteroatoms. The van der Waals surface area contributed by atoms with Crippen LogP contribution < -0.4 is 5.73 Å². The second-order valence-corrected chi connectivity index (χ2v) is 3.78. The summed E-state index contributed by atoms with van der Waals surface area (Å²) in [6, 6.07) is 0.310. The Bertz CT molecular complexity index is 177. The number of amides is 1. The van der Waals surface area contributed by atoms with Gasteiger partial charge in [0, 0.05) is 25.7 Å². The van der Waals surface area contributed by atoms with Crippen molar-refractivity contribution in [3.8, 4) is 0 Å². The van der Waals surface area contributed by atoms with Crippen molar-refractivity contribution in [2.24, 2.45) is 5.73 Å². The average molecular weight is 215 g/mol. The molecule has 0 radical (unpaired) electrons. The van der Waals surface area contributed by atoms with Gasteiger partial charge in [-0.25, -0.2) is 0 Å². The lowest BCUT2D eigenvalue weighted by Gasteiger charge is -2.28. The minimum atomic E-state index is 0.189. The third-order valence-electron chi connectivity index (χ3n) is 2.87. The van der Waals surface area contributed by atoms with Crippen molar-refractivity contribution in [1.82, 2.24) is 9.80 Å². The van der Waals surface area contributed by atoms with Gasteiger partial charge in [0.15, 0.2) is 0 Å². The van der Waals surface area contributed by atoms with Gasteiger partial charge in [0.05, 0.1) is 6.54 Å². The van der Waals surface area contributed by atoms with E-state index in [1.165, 1.54) is 0 Å². The number of carbonyl (C=O) groups excluding carboxylic acids is 1. The van der Waals surface area contributed by atoms with E-state index in [9.17, 15) is 4.79 Å². The van der Waals surface area contributed by atoms with E-state index in [0.717, 1.165) is 19.5 Å². The predicted octanol–water partition coefficient (Wildman–Crippen LogP) is 0.524. The van der Waals surface area contributed by atoms with Crippen molar-refractivity contribution >= 4 is 5.91 Å². The second kappa shape index (κ2) is 7.65. The van der Waals surface area contributed by atoms with Gasteiger partial charge in [-0.15, -0.1) is 0 Å². The summed E-state index contributed by atoms with van der Waals surface area (Å²) in [4.78, 5) is 15.7. The molecule has 0 rings (SSSR count). The molecule has 0 aliphatic rings. The lowest BCUT2D eigenvalue weighted by atomic mass is 10.2. The zero-order chi connectivity index (χ0) is 11.8. The summed E-state index contributed by atoms with van der Waals surface area (Å²) < 4.78 is 0. The van der Waals surface area contributed by atoms with Crippen LogP contribution in [0.5, 0.6) is 0 Å². The molecule has 4 nitrogen and oxygen atoms in total. The van der Waals surface area contributed by atoms with Gasteiger partial charge in [0.25, 0.3) is 0 Å². The summed E-state index contributed by atoms with van der Waals surface area (Å²) in [5, 5.41) is 0. The van der Waals surface area contributed by atoms with Gasteiger partial charge >= 0.3 is 0 Å². The molecular formula is C11H25N3O. The predicted molar refractivity (Wildman–Crippen MR) is 63.7 cm³/mol. The highest BCUT2D eigenvalue weighted by Crippen LogP contribution is 2.01. The summed E-state index contributed by atoms with van der Waals surface area (Å²) >= 11 is 0. The first kappa shape index (κ1) is 14.4. The lowest BCUT2D eigenvalue weighted by molar-refractivity contribution is -0.132. The summed E-state index contributed by atoms with van der Waals surface area (Å²) in [6.07, 6.45) is 0.985. The minimum Gasteiger partial charge on any atom is -0.342 e.